The van der Waals surface area contributed by atoms with Crippen molar-refractivity contribution in [2.45, 2.75) is 45.2 Å². The van der Waals surface area contributed by atoms with E-state index >= 15 is 0 Å². The fourth-order valence-corrected chi connectivity index (χ4v) is 3.92. The summed E-state index contributed by atoms with van der Waals surface area (Å²) in [4.78, 5) is 29.5. The van der Waals surface area contributed by atoms with Crippen LogP contribution in [0.15, 0.2) is 18.2 Å². The number of likely N-dealkylation sites (tertiary alicyclic amines) is 1. The molecule has 136 valence electrons. The lowest BCUT2D eigenvalue weighted by Crippen LogP contribution is -2.47. The van der Waals surface area contributed by atoms with Crippen molar-refractivity contribution in [3.63, 3.8) is 0 Å². The number of fused-ring (bicyclic) bond motifs is 1. The van der Waals surface area contributed by atoms with Gasteiger partial charge in [-0.05, 0) is 44.7 Å². The van der Waals surface area contributed by atoms with E-state index in [1.165, 1.54) is 5.56 Å². The molecular weight excluding hydrogens is 316 g/mol. The highest BCUT2D eigenvalue weighted by Crippen LogP contribution is 2.29. The fourth-order valence-electron chi connectivity index (χ4n) is 3.92. The molecule has 2 heterocycles. The second-order valence-corrected chi connectivity index (χ2v) is 6.85. The summed E-state index contributed by atoms with van der Waals surface area (Å²) >= 11 is 0. The number of carbonyl (C=O) groups is 2. The number of rotatable bonds is 4. The number of benzene rings is 1. The zero-order valence-corrected chi connectivity index (χ0v) is 15.1. The van der Waals surface area contributed by atoms with Crippen molar-refractivity contribution in [2.75, 3.05) is 31.5 Å². The number of anilines is 1. The minimum atomic E-state index is -0.457. The smallest absolute Gasteiger partial charge is 0.256 e. The molecule has 3 rings (SSSR count). The molecule has 2 aliphatic rings. The third-order valence-corrected chi connectivity index (χ3v) is 5.26. The molecule has 2 amide bonds. The molecule has 3 N–H and O–H groups in total. The second-order valence-electron chi connectivity index (χ2n) is 6.85. The molecule has 25 heavy (non-hydrogen) atoms. The first-order valence-electron chi connectivity index (χ1n) is 9.27. The fraction of sp³-hybridized carbons (Fsp3) is 0.579. The summed E-state index contributed by atoms with van der Waals surface area (Å²) in [5.74, 6) is -0.0891. The van der Waals surface area contributed by atoms with Crippen molar-refractivity contribution >= 4 is 17.5 Å². The van der Waals surface area contributed by atoms with Gasteiger partial charge in [-0.25, -0.2) is 0 Å². The number of amides is 2. The average molecular weight is 344 g/mol. The number of nitrogens with one attached hydrogen (secondary N) is 1. The number of para-hydroxylation sites is 1. The van der Waals surface area contributed by atoms with Crippen LogP contribution in [-0.4, -0.2) is 59.9 Å². The highest BCUT2D eigenvalue weighted by molar-refractivity contribution is 6.03. The van der Waals surface area contributed by atoms with Crippen LogP contribution < -0.4 is 11.1 Å². The lowest BCUT2D eigenvalue weighted by Gasteiger charge is -2.30. The highest BCUT2D eigenvalue weighted by Gasteiger charge is 2.40. The summed E-state index contributed by atoms with van der Waals surface area (Å²) in [6, 6.07) is 5.23. The molecule has 2 aliphatic heterocycles. The van der Waals surface area contributed by atoms with E-state index in [-0.39, 0.29) is 17.9 Å². The van der Waals surface area contributed by atoms with Gasteiger partial charge in [0, 0.05) is 32.2 Å². The summed E-state index contributed by atoms with van der Waals surface area (Å²) < 4.78 is 0. The Morgan fingerprint density at radius 3 is 2.80 bits per heavy atom. The zero-order chi connectivity index (χ0) is 18.0. The van der Waals surface area contributed by atoms with Gasteiger partial charge in [0.25, 0.3) is 5.91 Å². The molecule has 0 spiro atoms. The Morgan fingerprint density at radius 2 is 2.08 bits per heavy atom. The van der Waals surface area contributed by atoms with Crippen LogP contribution in [0.5, 0.6) is 0 Å². The topological polar surface area (TPSA) is 78.7 Å². The standard InChI is InChI=1S/C19H28N4O2/c1-3-22(4-2)19(25)16-11-14(20)12-23(16)18(24)15-9-5-7-13-8-6-10-21-17(13)15/h5,7,9,14,16,21H,3-4,6,8,10-12,20H2,1-2H3/t14-,16+/m1/s1. The van der Waals surface area contributed by atoms with Gasteiger partial charge in [0.05, 0.1) is 11.3 Å². The van der Waals surface area contributed by atoms with E-state index in [1.807, 2.05) is 26.0 Å². The molecule has 6 heteroatoms. The number of hydrogen-bond donors (Lipinski definition) is 2. The Balaban J connectivity index is 1.89. The van der Waals surface area contributed by atoms with Crippen LogP contribution in [0.1, 0.15) is 42.6 Å². The highest BCUT2D eigenvalue weighted by atomic mass is 16.2. The molecule has 1 aromatic rings. The van der Waals surface area contributed by atoms with Crippen molar-refractivity contribution < 1.29 is 9.59 Å². The van der Waals surface area contributed by atoms with Crippen LogP contribution in [0, 0.1) is 0 Å². The number of nitrogens with zero attached hydrogens (tertiary/aromatic N) is 2. The van der Waals surface area contributed by atoms with Crippen molar-refractivity contribution in [2.24, 2.45) is 5.73 Å². The van der Waals surface area contributed by atoms with Crippen LogP contribution in [0.25, 0.3) is 0 Å². The van der Waals surface area contributed by atoms with Gasteiger partial charge in [-0.15, -0.1) is 0 Å². The number of aryl methyl sites for hydroxylation is 1. The zero-order valence-electron chi connectivity index (χ0n) is 15.1. The monoisotopic (exact) mass is 344 g/mol. The molecule has 2 atom stereocenters. The summed E-state index contributed by atoms with van der Waals surface area (Å²) in [5.41, 5.74) is 8.86. The minimum Gasteiger partial charge on any atom is -0.384 e. The predicted molar refractivity (Wildman–Crippen MR) is 98.6 cm³/mol. The van der Waals surface area contributed by atoms with E-state index in [0.717, 1.165) is 25.1 Å². The molecule has 0 aliphatic carbocycles. The van der Waals surface area contributed by atoms with Gasteiger partial charge in [0.15, 0.2) is 0 Å². The summed E-state index contributed by atoms with van der Waals surface area (Å²) in [7, 11) is 0. The maximum absolute atomic E-state index is 13.2. The van der Waals surface area contributed by atoms with Gasteiger partial charge in [0.2, 0.25) is 5.91 Å². The number of hydrogen-bond acceptors (Lipinski definition) is 4. The SMILES string of the molecule is CCN(CC)C(=O)[C@@H]1C[C@@H](N)CN1C(=O)c1cccc2c1NCCC2. The minimum absolute atomic E-state index is 0.00376. The van der Waals surface area contributed by atoms with Gasteiger partial charge < -0.3 is 20.9 Å². The van der Waals surface area contributed by atoms with Crippen LogP contribution in [0.4, 0.5) is 5.69 Å². The van der Waals surface area contributed by atoms with E-state index in [2.05, 4.69) is 11.4 Å². The number of carbonyl (C=O) groups excluding carboxylic acids is 2. The molecule has 1 aromatic carbocycles. The van der Waals surface area contributed by atoms with Gasteiger partial charge >= 0.3 is 0 Å². The van der Waals surface area contributed by atoms with Gasteiger partial charge in [-0.2, -0.15) is 0 Å². The summed E-state index contributed by atoms with van der Waals surface area (Å²) in [6.07, 6.45) is 2.58. The molecule has 1 saturated heterocycles. The first-order chi connectivity index (χ1) is 12.1. The maximum atomic E-state index is 13.2. The van der Waals surface area contributed by atoms with Crippen molar-refractivity contribution in [1.82, 2.24) is 9.80 Å². The molecule has 0 unspecified atom stereocenters. The van der Waals surface area contributed by atoms with Crippen molar-refractivity contribution in [3.05, 3.63) is 29.3 Å². The van der Waals surface area contributed by atoms with Crippen LogP contribution in [-0.2, 0) is 11.2 Å². The molecular formula is C19H28N4O2. The Kier molecular flexibility index (Phi) is 5.27. The van der Waals surface area contributed by atoms with Crippen LogP contribution in [0.2, 0.25) is 0 Å². The lowest BCUT2D eigenvalue weighted by atomic mass is 9.98. The second kappa shape index (κ2) is 7.44. The van der Waals surface area contributed by atoms with Crippen LogP contribution in [0.3, 0.4) is 0 Å². The molecule has 0 radical (unpaired) electrons. The van der Waals surface area contributed by atoms with Crippen molar-refractivity contribution in [1.29, 1.82) is 0 Å². The average Bonchev–Trinajstić information content (AvgIpc) is 3.03. The predicted octanol–water partition coefficient (Wildman–Crippen LogP) is 1.45. The Labute approximate surface area is 149 Å². The van der Waals surface area contributed by atoms with E-state index < -0.39 is 6.04 Å². The summed E-state index contributed by atoms with van der Waals surface area (Å²) in [5, 5.41) is 3.36. The van der Waals surface area contributed by atoms with Crippen LogP contribution >= 0.6 is 0 Å². The van der Waals surface area contributed by atoms with Gasteiger partial charge in [-0.3, -0.25) is 9.59 Å². The first kappa shape index (κ1) is 17.7. The molecule has 0 aromatic heterocycles. The Hall–Kier alpha value is -2.08. The first-order valence-corrected chi connectivity index (χ1v) is 9.27. The molecule has 0 saturated carbocycles. The number of likely N-dealkylation sites (N-methyl/N-ethyl adjacent to an activating group) is 1. The largest absolute Gasteiger partial charge is 0.384 e. The quantitative estimate of drug-likeness (QED) is 0.867. The van der Waals surface area contributed by atoms with Gasteiger partial charge in [-0.1, -0.05) is 12.1 Å². The normalized spacial score (nSPS) is 22.3. The molecule has 6 nitrogen and oxygen atoms in total. The number of nitrogens with two attached hydrogens (primary N) is 1. The molecule has 1 fully saturated rings. The Morgan fingerprint density at radius 1 is 1.32 bits per heavy atom. The van der Waals surface area contributed by atoms with Gasteiger partial charge in [0.1, 0.15) is 6.04 Å². The van der Waals surface area contributed by atoms with E-state index in [1.54, 1.807) is 9.80 Å². The third-order valence-electron chi connectivity index (χ3n) is 5.26. The van der Waals surface area contributed by atoms with E-state index in [0.29, 0.717) is 31.6 Å². The molecule has 0 bridgehead atoms. The summed E-state index contributed by atoms with van der Waals surface area (Å²) in [6.45, 7) is 6.51. The Bertz CT molecular complexity index is 657. The van der Waals surface area contributed by atoms with E-state index in [4.69, 9.17) is 5.73 Å². The lowest BCUT2D eigenvalue weighted by molar-refractivity contribution is -0.134. The maximum Gasteiger partial charge on any atom is 0.256 e. The van der Waals surface area contributed by atoms with Crippen molar-refractivity contribution in [3.8, 4) is 0 Å². The third kappa shape index (κ3) is 3.35. The van der Waals surface area contributed by atoms with E-state index in [9.17, 15) is 9.59 Å².